The Balaban J connectivity index is 1.49. The third kappa shape index (κ3) is 12.1. The largest absolute Gasteiger partial charge is 0.485 e. The van der Waals surface area contributed by atoms with Gasteiger partial charge in [-0.1, -0.05) is 48.9 Å². The molecule has 2 aromatic carbocycles. The van der Waals surface area contributed by atoms with Gasteiger partial charge in [-0.3, -0.25) is 19.2 Å². The summed E-state index contributed by atoms with van der Waals surface area (Å²) >= 11 is 12.1. The molecule has 1 saturated heterocycles. The zero-order valence-electron chi connectivity index (χ0n) is 29.3. The van der Waals surface area contributed by atoms with E-state index in [9.17, 15) is 23.6 Å². The molecular weight excluding hydrogens is 700 g/mol. The van der Waals surface area contributed by atoms with Crippen LogP contribution in [0.15, 0.2) is 59.8 Å². The second kappa shape index (κ2) is 19.8. The molecule has 0 unspecified atom stereocenters. The first kappa shape index (κ1) is 40.9. The van der Waals surface area contributed by atoms with Crippen molar-refractivity contribution in [3.8, 4) is 0 Å². The zero-order chi connectivity index (χ0) is 37.7. The lowest BCUT2D eigenvalue weighted by atomic mass is 10.0. The van der Waals surface area contributed by atoms with Crippen LogP contribution in [0.1, 0.15) is 81.1 Å². The minimum absolute atomic E-state index is 0.0655. The fourth-order valence-corrected chi connectivity index (χ4v) is 6.33. The second-order valence-corrected chi connectivity index (χ2v) is 13.4. The number of allylic oxidation sites excluding steroid dienone is 1. The lowest BCUT2D eigenvalue weighted by molar-refractivity contribution is -0.138. The molecule has 0 aromatic heterocycles. The van der Waals surface area contributed by atoms with Crippen LogP contribution < -0.4 is 27.8 Å². The molecule has 4 amide bonds. The minimum Gasteiger partial charge on any atom is -0.485 e. The van der Waals surface area contributed by atoms with Gasteiger partial charge in [0, 0.05) is 73.0 Å². The van der Waals surface area contributed by atoms with Gasteiger partial charge in [-0.25, -0.2) is 4.39 Å². The number of ether oxygens (including phenoxy) is 1. The van der Waals surface area contributed by atoms with Gasteiger partial charge in [0.05, 0.1) is 5.02 Å². The van der Waals surface area contributed by atoms with Crippen LogP contribution in [0.5, 0.6) is 0 Å². The molecule has 51 heavy (non-hydrogen) atoms. The highest BCUT2D eigenvalue weighted by atomic mass is 35.5. The lowest BCUT2D eigenvalue weighted by Crippen LogP contribution is -2.59. The molecule has 8 N–H and O–H groups in total. The Morgan fingerprint density at radius 3 is 2.08 bits per heavy atom. The smallest absolute Gasteiger partial charge is 0.271 e. The van der Waals surface area contributed by atoms with Crippen molar-refractivity contribution >= 4 is 52.5 Å². The molecule has 0 saturated carbocycles. The first-order valence-corrected chi connectivity index (χ1v) is 17.7. The van der Waals surface area contributed by atoms with E-state index in [4.69, 9.17) is 45.1 Å². The van der Waals surface area contributed by atoms with E-state index in [0.29, 0.717) is 37.2 Å². The average molecular weight is 749 g/mol. The van der Waals surface area contributed by atoms with Gasteiger partial charge in [-0.2, -0.15) is 0 Å². The van der Waals surface area contributed by atoms with E-state index in [2.05, 4.69) is 10.6 Å². The number of anilines is 1. The number of hydrogen-bond acceptors (Lipinski definition) is 8. The van der Waals surface area contributed by atoms with Crippen LogP contribution >= 0.6 is 23.2 Å². The second-order valence-electron chi connectivity index (χ2n) is 12.6. The molecule has 1 fully saturated rings. The van der Waals surface area contributed by atoms with Crippen LogP contribution in [0.2, 0.25) is 10.0 Å². The van der Waals surface area contributed by atoms with Crippen LogP contribution in [0.3, 0.4) is 0 Å². The average Bonchev–Trinajstić information content (AvgIpc) is 3.09. The summed E-state index contributed by atoms with van der Waals surface area (Å²) < 4.78 is 19.4. The van der Waals surface area contributed by atoms with Crippen molar-refractivity contribution in [2.75, 3.05) is 25.5 Å². The summed E-state index contributed by atoms with van der Waals surface area (Å²) in [6.07, 6.45) is 7.87. The van der Waals surface area contributed by atoms with Crippen molar-refractivity contribution in [3.63, 3.8) is 0 Å². The molecule has 3 rings (SSSR count). The number of unbranched alkanes of at least 4 members (excludes halogenated alkanes) is 5. The number of piperazine rings is 1. The number of benzene rings is 2. The van der Waals surface area contributed by atoms with Crippen molar-refractivity contribution in [2.24, 2.45) is 17.2 Å². The van der Waals surface area contributed by atoms with E-state index in [0.717, 1.165) is 50.7 Å². The highest BCUT2D eigenvalue weighted by Gasteiger charge is 2.34. The summed E-state index contributed by atoms with van der Waals surface area (Å²) in [6.45, 7) is 4.41. The summed E-state index contributed by atoms with van der Waals surface area (Å²) in [5.74, 6) is -1.84. The Bertz CT molecular complexity index is 1600. The number of carbonyl (C=O) groups excluding carboxylic acids is 4. The number of halogens is 3. The van der Waals surface area contributed by atoms with Crippen molar-refractivity contribution < 1.29 is 28.3 Å². The molecule has 2 atom stereocenters. The molecule has 0 bridgehead atoms. The van der Waals surface area contributed by atoms with Crippen LogP contribution in [0.25, 0.3) is 0 Å². The number of nitrogens with one attached hydrogen (secondary N) is 2. The van der Waals surface area contributed by atoms with E-state index in [1.165, 1.54) is 6.07 Å². The molecule has 1 aliphatic rings. The van der Waals surface area contributed by atoms with E-state index in [1.54, 1.807) is 36.2 Å². The Hall–Kier alpha value is -4.49. The summed E-state index contributed by atoms with van der Waals surface area (Å²) in [4.78, 5) is 54.2. The molecule has 0 spiro atoms. The predicted octanol–water partition coefficient (Wildman–Crippen LogP) is 5.15. The first-order valence-electron chi connectivity index (χ1n) is 16.9. The fraction of sp³-hybridized carbons (Fsp3) is 0.444. The summed E-state index contributed by atoms with van der Waals surface area (Å²) in [6, 6.07) is 8.50. The topological polar surface area (TPSA) is 186 Å². The monoisotopic (exact) mass is 747 g/mol. The van der Waals surface area contributed by atoms with Gasteiger partial charge in [0.2, 0.25) is 11.8 Å². The molecule has 2 aromatic rings. The number of nitrogens with two attached hydrogens (primary N) is 3. The normalized spacial score (nSPS) is 16.0. The van der Waals surface area contributed by atoms with E-state index < -0.39 is 11.7 Å². The molecule has 0 radical (unpaired) electrons. The van der Waals surface area contributed by atoms with E-state index in [-0.39, 0.29) is 69.3 Å². The van der Waals surface area contributed by atoms with Gasteiger partial charge in [-0.05, 0) is 63.1 Å². The van der Waals surface area contributed by atoms with Crippen LogP contribution in [0.4, 0.5) is 10.1 Å². The standard InChI is InChI=1S/C36H48Cl2FN7O5/c1-22-19-45(20-23(2)46(22)32(48)11-9-7-5-4-6-8-10-31(47)43-3)36(50)24-12-14-25(15-13-24)44-35(49)29(40)18-30(34(41)42)51-21-26-27(37)16-17-28(39)33(26)38/h12-18,22-23H,4-11,19-21,40-42H2,1-3H3,(H,43,47)(H,44,49)/b29-18-/t22-,23+. The Morgan fingerprint density at radius 2 is 1.49 bits per heavy atom. The maximum absolute atomic E-state index is 13.9. The lowest BCUT2D eigenvalue weighted by Gasteiger charge is -2.44. The van der Waals surface area contributed by atoms with Gasteiger partial charge < -0.3 is 42.4 Å². The Labute approximate surface area is 308 Å². The van der Waals surface area contributed by atoms with Crippen molar-refractivity contribution in [3.05, 3.63) is 86.7 Å². The molecule has 12 nitrogen and oxygen atoms in total. The maximum Gasteiger partial charge on any atom is 0.271 e. The zero-order valence-corrected chi connectivity index (χ0v) is 30.8. The van der Waals surface area contributed by atoms with Crippen molar-refractivity contribution in [1.29, 1.82) is 0 Å². The van der Waals surface area contributed by atoms with Gasteiger partial charge in [0.25, 0.3) is 11.8 Å². The highest BCUT2D eigenvalue weighted by Crippen LogP contribution is 2.29. The quantitative estimate of drug-likeness (QED) is 0.0513. The number of hydrogen-bond donors (Lipinski definition) is 5. The molecule has 0 aliphatic carbocycles. The Kier molecular flexibility index (Phi) is 15.9. The Morgan fingerprint density at radius 1 is 0.902 bits per heavy atom. The third-order valence-corrected chi connectivity index (χ3v) is 9.31. The first-order chi connectivity index (χ1) is 24.2. The number of nitrogens with zero attached hydrogens (tertiary/aromatic N) is 2. The number of amides is 4. The SMILES string of the molecule is CNC(=O)CCCCCCCCC(=O)N1[C@H](C)CN(C(=O)c2ccc(NC(=O)/C(N)=C/C(OCc3c(Cl)ccc(F)c3Cl)=C(N)N)cc2)C[C@@H]1C. The minimum atomic E-state index is -0.695. The van der Waals surface area contributed by atoms with Gasteiger partial charge in [0.1, 0.15) is 23.9 Å². The van der Waals surface area contributed by atoms with Crippen LogP contribution in [0, 0.1) is 5.82 Å². The van der Waals surface area contributed by atoms with Crippen LogP contribution in [-0.2, 0) is 25.7 Å². The highest BCUT2D eigenvalue weighted by molar-refractivity contribution is 6.36. The molecular formula is C36H48Cl2FN7O5. The molecule has 1 aliphatic heterocycles. The maximum atomic E-state index is 13.9. The van der Waals surface area contributed by atoms with Gasteiger partial charge in [-0.15, -0.1) is 0 Å². The number of rotatable bonds is 16. The van der Waals surface area contributed by atoms with Crippen LogP contribution in [-0.4, -0.2) is 65.6 Å². The van der Waals surface area contributed by atoms with E-state index in [1.807, 2.05) is 18.7 Å². The predicted molar refractivity (Wildman–Crippen MR) is 197 cm³/mol. The summed E-state index contributed by atoms with van der Waals surface area (Å²) in [5, 5.41) is 5.20. The molecule has 278 valence electrons. The number of carbonyl (C=O) groups is 4. The van der Waals surface area contributed by atoms with Crippen molar-refractivity contribution in [1.82, 2.24) is 15.1 Å². The molecule has 1 heterocycles. The van der Waals surface area contributed by atoms with E-state index >= 15 is 0 Å². The summed E-state index contributed by atoms with van der Waals surface area (Å²) in [7, 11) is 1.64. The molecule has 15 heteroatoms. The van der Waals surface area contributed by atoms with Gasteiger partial charge in [0.15, 0.2) is 5.76 Å². The summed E-state index contributed by atoms with van der Waals surface area (Å²) in [5.41, 5.74) is 18.0. The third-order valence-electron chi connectivity index (χ3n) is 8.55. The van der Waals surface area contributed by atoms with Gasteiger partial charge >= 0.3 is 0 Å². The van der Waals surface area contributed by atoms with Crippen molar-refractivity contribution in [2.45, 2.75) is 83.9 Å². The fourth-order valence-electron chi connectivity index (χ4n) is 5.85.